The minimum atomic E-state index is -1.18. The van der Waals surface area contributed by atoms with Gasteiger partial charge in [0.1, 0.15) is 5.82 Å². The number of anilines is 1. The molecule has 0 fully saturated rings. The van der Waals surface area contributed by atoms with Crippen LogP contribution in [0, 0.1) is 5.82 Å². The highest BCUT2D eigenvalue weighted by Gasteiger charge is 2.17. The van der Waals surface area contributed by atoms with Gasteiger partial charge in [-0.2, -0.15) is 0 Å². The number of carbonyl (C=O) groups is 2. The zero-order valence-electron chi connectivity index (χ0n) is 13.2. The van der Waals surface area contributed by atoms with Crippen LogP contribution in [0.2, 0.25) is 0 Å². The van der Waals surface area contributed by atoms with Gasteiger partial charge in [0, 0.05) is 27.6 Å². The lowest BCUT2D eigenvalue weighted by molar-refractivity contribution is -0.136. The number of carbonyl (C=O) groups excluding carboxylic acids is 2. The zero-order valence-corrected chi connectivity index (χ0v) is 14.0. The van der Waals surface area contributed by atoms with Crippen molar-refractivity contribution in [3.8, 4) is 0 Å². The predicted octanol–water partition coefficient (Wildman–Crippen LogP) is 2.38. The SMILES string of the molecule is C[C@H](NC(=O)C(=O)Nc1cccc([S@](C)=O)c1)c1ccc(F)cc1. The predicted molar refractivity (Wildman–Crippen MR) is 90.4 cm³/mol. The van der Waals surface area contributed by atoms with E-state index < -0.39 is 28.7 Å². The molecule has 0 saturated carbocycles. The Morgan fingerprint density at radius 2 is 1.75 bits per heavy atom. The molecule has 2 aromatic carbocycles. The Morgan fingerprint density at radius 3 is 2.38 bits per heavy atom. The van der Waals surface area contributed by atoms with Crippen LogP contribution in [0.5, 0.6) is 0 Å². The molecular weight excluding hydrogens is 331 g/mol. The van der Waals surface area contributed by atoms with Gasteiger partial charge in [-0.05, 0) is 42.8 Å². The van der Waals surface area contributed by atoms with Crippen LogP contribution in [-0.4, -0.2) is 22.3 Å². The molecule has 0 heterocycles. The molecule has 0 saturated heterocycles. The molecule has 2 aromatic rings. The summed E-state index contributed by atoms with van der Waals surface area (Å²) in [5.74, 6) is -2.01. The molecule has 0 aliphatic rings. The number of amides is 2. The van der Waals surface area contributed by atoms with E-state index in [1.54, 1.807) is 31.2 Å². The first-order chi connectivity index (χ1) is 11.4. The molecule has 2 rings (SSSR count). The van der Waals surface area contributed by atoms with E-state index in [1.165, 1.54) is 30.5 Å². The summed E-state index contributed by atoms with van der Waals surface area (Å²) < 4.78 is 24.3. The lowest BCUT2D eigenvalue weighted by atomic mass is 10.1. The molecular formula is C17H17FN2O3S. The van der Waals surface area contributed by atoms with Gasteiger partial charge in [-0.25, -0.2) is 4.39 Å². The number of benzene rings is 2. The fourth-order valence-corrected chi connectivity index (χ4v) is 2.60. The first-order valence-corrected chi connectivity index (χ1v) is 8.73. The molecule has 24 heavy (non-hydrogen) atoms. The highest BCUT2D eigenvalue weighted by Crippen LogP contribution is 2.14. The molecule has 7 heteroatoms. The van der Waals surface area contributed by atoms with Gasteiger partial charge in [0.25, 0.3) is 0 Å². The summed E-state index contributed by atoms with van der Waals surface area (Å²) in [6.45, 7) is 1.69. The maximum absolute atomic E-state index is 12.9. The summed E-state index contributed by atoms with van der Waals surface area (Å²) in [5, 5.41) is 5.00. The second-order valence-corrected chi connectivity index (χ2v) is 6.56. The van der Waals surface area contributed by atoms with Crippen molar-refractivity contribution in [3.63, 3.8) is 0 Å². The fourth-order valence-electron chi connectivity index (χ4n) is 2.04. The van der Waals surface area contributed by atoms with Crippen LogP contribution in [0.25, 0.3) is 0 Å². The monoisotopic (exact) mass is 348 g/mol. The van der Waals surface area contributed by atoms with Crippen LogP contribution in [0.4, 0.5) is 10.1 Å². The van der Waals surface area contributed by atoms with E-state index in [0.29, 0.717) is 16.1 Å². The number of nitrogens with one attached hydrogen (secondary N) is 2. The quantitative estimate of drug-likeness (QED) is 0.833. The molecule has 5 nitrogen and oxygen atoms in total. The lowest BCUT2D eigenvalue weighted by Gasteiger charge is -2.14. The van der Waals surface area contributed by atoms with Gasteiger partial charge in [-0.3, -0.25) is 13.8 Å². The summed E-state index contributed by atoms with van der Waals surface area (Å²) in [6, 6.07) is 11.7. The van der Waals surface area contributed by atoms with E-state index in [4.69, 9.17) is 0 Å². The Hall–Kier alpha value is -2.54. The largest absolute Gasteiger partial charge is 0.341 e. The van der Waals surface area contributed by atoms with E-state index >= 15 is 0 Å². The van der Waals surface area contributed by atoms with Gasteiger partial charge in [-0.1, -0.05) is 18.2 Å². The second-order valence-electron chi connectivity index (χ2n) is 5.18. The molecule has 0 radical (unpaired) electrons. The van der Waals surface area contributed by atoms with Crippen molar-refractivity contribution < 1.29 is 18.2 Å². The van der Waals surface area contributed by atoms with Crippen LogP contribution in [0.1, 0.15) is 18.5 Å². The summed E-state index contributed by atoms with van der Waals surface area (Å²) in [6.07, 6.45) is 1.53. The van der Waals surface area contributed by atoms with Crippen LogP contribution in [0.15, 0.2) is 53.4 Å². The number of rotatable bonds is 4. The maximum atomic E-state index is 12.9. The first-order valence-electron chi connectivity index (χ1n) is 7.17. The van der Waals surface area contributed by atoms with Crippen molar-refractivity contribution in [2.45, 2.75) is 17.9 Å². The summed E-state index contributed by atoms with van der Waals surface area (Å²) >= 11 is 0. The molecule has 2 atom stereocenters. The van der Waals surface area contributed by atoms with E-state index in [-0.39, 0.29) is 5.82 Å². The average molecular weight is 348 g/mol. The molecule has 0 spiro atoms. The Kier molecular flexibility index (Phi) is 5.81. The molecule has 126 valence electrons. The lowest BCUT2D eigenvalue weighted by Crippen LogP contribution is -2.36. The van der Waals surface area contributed by atoms with E-state index in [0.717, 1.165) is 0 Å². The van der Waals surface area contributed by atoms with Gasteiger partial charge in [0.15, 0.2) is 0 Å². The normalized spacial score (nSPS) is 13.0. The zero-order chi connectivity index (χ0) is 17.7. The van der Waals surface area contributed by atoms with Gasteiger partial charge in [0.2, 0.25) is 0 Å². The second kappa shape index (κ2) is 7.83. The van der Waals surface area contributed by atoms with Gasteiger partial charge in [0.05, 0.1) is 6.04 Å². The molecule has 2 N–H and O–H groups in total. The molecule has 0 aromatic heterocycles. The maximum Gasteiger partial charge on any atom is 0.313 e. The number of hydrogen-bond donors (Lipinski definition) is 2. The van der Waals surface area contributed by atoms with Gasteiger partial charge in [-0.15, -0.1) is 0 Å². The Labute approximate surface area is 141 Å². The topological polar surface area (TPSA) is 75.3 Å². The van der Waals surface area contributed by atoms with Crippen molar-refractivity contribution in [1.82, 2.24) is 5.32 Å². The summed E-state index contributed by atoms with van der Waals surface area (Å²) in [4.78, 5) is 24.5. The minimum absolute atomic E-state index is 0.372. The van der Waals surface area contributed by atoms with E-state index in [1.807, 2.05) is 0 Å². The van der Waals surface area contributed by atoms with Crippen LogP contribution < -0.4 is 10.6 Å². The highest BCUT2D eigenvalue weighted by molar-refractivity contribution is 7.84. The Morgan fingerprint density at radius 1 is 1.08 bits per heavy atom. The number of halogens is 1. The number of hydrogen-bond acceptors (Lipinski definition) is 3. The van der Waals surface area contributed by atoms with Crippen molar-refractivity contribution >= 4 is 28.3 Å². The van der Waals surface area contributed by atoms with E-state index in [2.05, 4.69) is 10.6 Å². The van der Waals surface area contributed by atoms with E-state index in [9.17, 15) is 18.2 Å². The van der Waals surface area contributed by atoms with Gasteiger partial charge < -0.3 is 10.6 Å². The summed E-state index contributed by atoms with van der Waals surface area (Å²) in [5.41, 5.74) is 1.07. The van der Waals surface area contributed by atoms with Crippen molar-refractivity contribution in [2.24, 2.45) is 0 Å². The molecule has 0 aliphatic heterocycles. The van der Waals surface area contributed by atoms with Crippen LogP contribution in [0.3, 0.4) is 0 Å². The van der Waals surface area contributed by atoms with Crippen molar-refractivity contribution in [3.05, 3.63) is 59.9 Å². The van der Waals surface area contributed by atoms with Crippen molar-refractivity contribution in [2.75, 3.05) is 11.6 Å². The van der Waals surface area contributed by atoms with Crippen LogP contribution in [-0.2, 0) is 20.4 Å². The molecule has 0 unspecified atom stereocenters. The third kappa shape index (κ3) is 4.73. The van der Waals surface area contributed by atoms with Gasteiger partial charge >= 0.3 is 11.8 Å². The molecule has 2 amide bonds. The third-order valence-corrected chi connectivity index (χ3v) is 4.27. The fraction of sp³-hybridized carbons (Fsp3) is 0.176. The van der Waals surface area contributed by atoms with Crippen LogP contribution >= 0.6 is 0 Å². The molecule has 0 bridgehead atoms. The smallest absolute Gasteiger partial charge is 0.313 e. The summed E-state index contributed by atoms with van der Waals surface area (Å²) in [7, 11) is -1.18. The standard InChI is InChI=1S/C17H17FN2O3S/c1-11(12-6-8-13(18)9-7-12)19-16(21)17(22)20-14-4-3-5-15(10-14)24(2)23/h3-11H,1-2H3,(H,19,21)(H,20,22)/t11-,24-/m0/s1. The first kappa shape index (κ1) is 17.8. The molecule has 0 aliphatic carbocycles. The van der Waals surface area contributed by atoms with Crippen molar-refractivity contribution in [1.29, 1.82) is 0 Å². The minimum Gasteiger partial charge on any atom is -0.341 e. The third-order valence-electron chi connectivity index (χ3n) is 3.35. The Balaban J connectivity index is 1.99. The highest BCUT2D eigenvalue weighted by atomic mass is 32.2. The Bertz CT molecular complexity index is 778. The average Bonchev–Trinajstić information content (AvgIpc) is 2.55.